The highest BCUT2D eigenvalue weighted by Gasteiger charge is 2.16. The van der Waals surface area contributed by atoms with Crippen LogP contribution >= 0.6 is 15.9 Å². The second kappa shape index (κ2) is 7.28. The number of benzene rings is 1. The van der Waals surface area contributed by atoms with E-state index in [1.54, 1.807) is 19.1 Å². The van der Waals surface area contributed by atoms with Gasteiger partial charge < -0.3 is 15.2 Å². The molecule has 1 atom stereocenters. The van der Waals surface area contributed by atoms with Crippen LogP contribution in [0.15, 0.2) is 22.7 Å². The molecule has 0 aliphatic rings. The average Bonchev–Trinajstić information content (AvgIpc) is 2.37. The van der Waals surface area contributed by atoms with Crippen molar-refractivity contribution in [1.29, 1.82) is 0 Å². The molecule has 0 heterocycles. The summed E-state index contributed by atoms with van der Waals surface area (Å²) in [5, 5.41) is 11.8. The molecule has 5 nitrogen and oxygen atoms in total. The van der Waals surface area contributed by atoms with Crippen LogP contribution < -0.4 is 10.1 Å². The Hall–Kier alpha value is -1.56. The van der Waals surface area contributed by atoms with E-state index in [0.717, 1.165) is 0 Å². The van der Waals surface area contributed by atoms with E-state index in [2.05, 4.69) is 21.2 Å². The molecule has 1 amide bonds. The van der Waals surface area contributed by atoms with Gasteiger partial charge in [-0.1, -0.05) is 13.8 Å². The third-order valence-corrected chi connectivity index (χ3v) is 3.23. The Morgan fingerprint density at radius 2 is 2.00 bits per heavy atom. The fourth-order valence-corrected chi connectivity index (χ4v) is 1.86. The maximum absolute atomic E-state index is 11.8. The molecule has 1 aromatic rings. The van der Waals surface area contributed by atoms with E-state index in [4.69, 9.17) is 9.84 Å². The van der Waals surface area contributed by atoms with Gasteiger partial charge in [0.2, 0.25) is 0 Å². The highest BCUT2D eigenvalue weighted by molar-refractivity contribution is 9.10. The molecular formula is C14H18BrNO4. The third-order valence-electron chi connectivity index (χ3n) is 2.53. The molecule has 0 aliphatic heterocycles. The van der Waals surface area contributed by atoms with Crippen molar-refractivity contribution in [3.63, 3.8) is 0 Å². The Bertz CT molecular complexity index is 502. The van der Waals surface area contributed by atoms with Crippen molar-refractivity contribution in [3.05, 3.63) is 28.2 Å². The van der Waals surface area contributed by atoms with E-state index in [-0.39, 0.29) is 11.5 Å². The first-order valence-corrected chi connectivity index (χ1v) is 7.07. The summed E-state index contributed by atoms with van der Waals surface area (Å²) >= 11 is 3.15. The number of carbonyl (C=O) groups excluding carboxylic acids is 1. The first-order valence-electron chi connectivity index (χ1n) is 6.28. The van der Waals surface area contributed by atoms with Crippen LogP contribution in [0.3, 0.4) is 0 Å². The number of carbonyl (C=O) groups is 2. The summed E-state index contributed by atoms with van der Waals surface area (Å²) in [6.07, 6.45) is -0.684. The van der Waals surface area contributed by atoms with Gasteiger partial charge in [-0.05, 0) is 47.0 Å². The lowest BCUT2D eigenvalue weighted by Crippen LogP contribution is -2.38. The number of nitrogens with one attached hydrogen (secondary N) is 1. The van der Waals surface area contributed by atoms with Crippen molar-refractivity contribution in [2.24, 2.45) is 5.92 Å². The number of ether oxygens (including phenoxy) is 1. The van der Waals surface area contributed by atoms with Gasteiger partial charge in [0.05, 0.1) is 5.56 Å². The summed E-state index contributed by atoms with van der Waals surface area (Å²) in [4.78, 5) is 22.8. The van der Waals surface area contributed by atoms with Crippen LogP contribution in [0.4, 0.5) is 0 Å². The normalized spacial score (nSPS) is 12.1. The molecule has 20 heavy (non-hydrogen) atoms. The number of hydrogen-bond acceptors (Lipinski definition) is 3. The summed E-state index contributed by atoms with van der Waals surface area (Å²) in [5.74, 6) is -0.576. The van der Waals surface area contributed by atoms with Crippen LogP contribution in [0.1, 0.15) is 31.1 Å². The smallest absolute Gasteiger partial charge is 0.336 e. The molecular weight excluding hydrogens is 326 g/mol. The molecule has 0 saturated carbocycles. The molecule has 0 aromatic heterocycles. The van der Waals surface area contributed by atoms with Crippen LogP contribution in [0.2, 0.25) is 0 Å². The highest BCUT2D eigenvalue weighted by Crippen LogP contribution is 2.23. The summed E-state index contributed by atoms with van der Waals surface area (Å²) in [5.41, 5.74) is 0.0947. The van der Waals surface area contributed by atoms with Crippen molar-refractivity contribution in [1.82, 2.24) is 5.32 Å². The molecule has 0 aliphatic carbocycles. The van der Waals surface area contributed by atoms with Crippen LogP contribution in [0, 0.1) is 5.92 Å². The van der Waals surface area contributed by atoms with Crippen molar-refractivity contribution >= 4 is 27.8 Å². The molecule has 0 fully saturated rings. The van der Waals surface area contributed by atoms with E-state index in [1.165, 1.54) is 6.07 Å². The van der Waals surface area contributed by atoms with Crippen LogP contribution in [0.5, 0.6) is 5.75 Å². The number of aromatic carboxylic acids is 1. The van der Waals surface area contributed by atoms with Crippen molar-refractivity contribution in [3.8, 4) is 5.75 Å². The second-order valence-corrected chi connectivity index (χ2v) is 5.70. The average molecular weight is 344 g/mol. The van der Waals surface area contributed by atoms with Crippen LogP contribution in [0.25, 0.3) is 0 Å². The SMILES string of the molecule is CC(C)CNC(=O)C(C)Oc1ccc(Br)c(C(=O)O)c1. The molecule has 0 bridgehead atoms. The Kier molecular flexibility index (Phi) is 6.01. The summed E-state index contributed by atoms with van der Waals surface area (Å²) < 4.78 is 5.92. The first kappa shape index (κ1) is 16.5. The van der Waals surface area contributed by atoms with E-state index in [0.29, 0.717) is 22.7 Å². The van der Waals surface area contributed by atoms with Gasteiger partial charge in [0.15, 0.2) is 6.10 Å². The topological polar surface area (TPSA) is 75.6 Å². The van der Waals surface area contributed by atoms with E-state index < -0.39 is 12.1 Å². The number of carboxylic acid groups (broad SMARTS) is 1. The first-order chi connectivity index (χ1) is 9.31. The van der Waals surface area contributed by atoms with Gasteiger partial charge in [-0.25, -0.2) is 4.79 Å². The van der Waals surface area contributed by atoms with Gasteiger partial charge in [-0.2, -0.15) is 0 Å². The quantitative estimate of drug-likeness (QED) is 0.832. The standard InChI is InChI=1S/C14H18BrNO4/c1-8(2)7-16-13(17)9(3)20-10-4-5-12(15)11(6-10)14(18)19/h4-6,8-9H,7H2,1-3H3,(H,16,17)(H,18,19). The lowest BCUT2D eigenvalue weighted by Gasteiger charge is -2.16. The highest BCUT2D eigenvalue weighted by atomic mass is 79.9. The number of carboxylic acids is 1. The zero-order chi connectivity index (χ0) is 15.3. The molecule has 1 aromatic carbocycles. The van der Waals surface area contributed by atoms with Gasteiger partial charge in [0.1, 0.15) is 5.75 Å². The molecule has 1 unspecified atom stereocenters. The Balaban J connectivity index is 2.70. The van der Waals surface area contributed by atoms with Gasteiger partial charge in [-0.3, -0.25) is 4.79 Å². The second-order valence-electron chi connectivity index (χ2n) is 4.85. The third kappa shape index (κ3) is 4.85. The van der Waals surface area contributed by atoms with Crippen molar-refractivity contribution in [2.75, 3.05) is 6.54 Å². The molecule has 6 heteroatoms. The zero-order valence-corrected chi connectivity index (χ0v) is 13.2. The molecule has 110 valence electrons. The van der Waals surface area contributed by atoms with Crippen molar-refractivity contribution < 1.29 is 19.4 Å². The summed E-state index contributed by atoms with van der Waals surface area (Å²) in [7, 11) is 0. The minimum Gasteiger partial charge on any atom is -0.481 e. The molecule has 0 radical (unpaired) electrons. The number of amides is 1. The number of halogens is 1. The Morgan fingerprint density at radius 3 is 2.55 bits per heavy atom. The number of hydrogen-bond donors (Lipinski definition) is 2. The molecule has 1 rings (SSSR count). The molecule has 2 N–H and O–H groups in total. The van der Waals surface area contributed by atoms with Gasteiger partial charge in [-0.15, -0.1) is 0 Å². The number of rotatable bonds is 6. The predicted octanol–water partition coefficient (Wildman–Crippen LogP) is 2.69. The summed E-state index contributed by atoms with van der Waals surface area (Å²) in [6.45, 7) is 6.20. The van der Waals surface area contributed by atoms with Crippen LogP contribution in [-0.2, 0) is 4.79 Å². The van der Waals surface area contributed by atoms with Crippen LogP contribution in [-0.4, -0.2) is 29.6 Å². The van der Waals surface area contributed by atoms with E-state index in [9.17, 15) is 9.59 Å². The van der Waals surface area contributed by atoms with Gasteiger partial charge >= 0.3 is 5.97 Å². The van der Waals surface area contributed by atoms with E-state index >= 15 is 0 Å². The monoisotopic (exact) mass is 343 g/mol. The van der Waals surface area contributed by atoms with E-state index in [1.807, 2.05) is 13.8 Å². The fraction of sp³-hybridized carbons (Fsp3) is 0.429. The minimum atomic E-state index is -1.06. The van der Waals surface area contributed by atoms with Gasteiger partial charge in [0, 0.05) is 11.0 Å². The largest absolute Gasteiger partial charge is 0.481 e. The maximum atomic E-state index is 11.8. The fourth-order valence-electron chi connectivity index (χ4n) is 1.45. The Morgan fingerprint density at radius 1 is 1.35 bits per heavy atom. The summed E-state index contributed by atoms with van der Waals surface area (Å²) in [6, 6.07) is 4.58. The predicted molar refractivity (Wildman–Crippen MR) is 79.0 cm³/mol. The Labute approximate surface area is 126 Å². The lowest BCUT2D eigenvalue weighted by molar-refractivity contribution is -0.127. The molecule has 0 saturated heterocycles. The molecule has 0 spiro atoms. The zero-order valence-electron chi connectivity index (χ0n) is 11.6. The minimum absolute atomic E-state index is 0.0947. The lowest BCUT2D eigenvalue weighted by atomic mass is 10.2. The maximum Gasteiger partial charge on any atom is 0.336 e. The van der Waals surface area contributed by atoms with Crippen molar-refractivity contribution in [2.45, 2.75) is 26.9 Å². The van der Waals surface area contributed by atoms with Gasteiger partial charge in [0.25, 0.3) is 5.91 Å².